The van der Waals surface area contributed by atoms with E-state index in [9.17, 15) is 4.79 Å². The zero-order chi connectivity index (χ0) is 17.5. The highest BCUT2D eigenvalue weighted by Gasteiger charge is 2.13. The first-order chi connectivity index (χ1) is 12.2. The number of benzene rings is 2. The van der Waals surface area contributed by atoms with Gasteiger partial charge >= 0.3 is 0 Å². The highest BCUT2D eigenvalue weighted by atomic mass is 35.5. The van der Waals surface area contributed by atoms with Crippen LogP contribution in [-0.4, -0.2) is 25.1 Å². The SMILES string of the molecule is CCOc1ccc(C(=O)Nc2ccc(CCC3CCCN3)cc2)cc1.Cl. The molecule has 1 fully saturated rings. The van der Waals surface area contributed by atoms with Gasteiger partial charge in [0.2, 0.25) is 0 Å². The van der Waals surface area contributed by atoms with Crippen molar-refractivity contribution in [2.45, 2.75) is 38.6 Å². The highest BCUT2D eigenvalue weighted by molar-refractivity contribution is 6.04. The van der Waals surface area contributed by atoms with Gasteiger partial charge in [-0.3, -0.25) is 4.79 Å². The Morgan fingerprint density at radius 3 is 2.50 bits per heavy atom. The van der Waals surface area contributed by atoms with Crippen LogP contribution < -0.4 is 15.4 Å². The minimum atomic E-state index is -0.106. The number of aryl methyl sites for hydroxylation is 1. The number of nitrogens with one attached hydrogen (secondary N) is 2. The van der Waals surface area contributed by atoms with E-state index in [1.165, 1.54) is 24.8 Å². The van der Waals surface area contributed by atoms with E-state index < -0.39 is 0 Å². The van der Waals surface area contributed by atoms with Crippen molar-refractivity contribution in [1.82, 2.24) is 5.32 Å². The molecule has 1 aliphatic rings. The molecular formula is C21H27ClN2O2. The molecule has 1 amide bonds. The summed E-state index contributed by atoms with van der Waals surface area (Å²) in [4.78, 5) is 12.3. The number of carbonyl (C=O) groups excluding carboxylic acids is 1. The van der Waals surface area contributed by atoms with Gasteiger partial charge in [-0.05, 0) is 81.1 Å². The predicted octanol–water partition coefficient (Wildman–Crippen LogP) is 4.44. The molecule has 26 heavy (non-hydrogen) atoms. The van der Waals surface area contributed by atoms with Gasteiger partial charge in [-0.25, -0.2) is 0 Å². The summed E-state index contributed by atoms with van der Waals surface area (Å²) in [6.45, 7) is 3.71. The molecule has 0 saturated carbocycles. The van der Waals surface area contributed by atoms with Crippen LogP contribution in [0.3, 0.4) is 0 Å². The summed E-state index contributed by atoms with van der Waals surface area (Å²) in [6.07, 6.45) is 4.83. The fraction of sp³-hybridized carbons (Fsp3) is 0.381. The maximum atomic E-state index is 12.3. The van der Waals surface area contributed by atoms with Crippen molar-refractivity contribution in [1.29, 1.82) is 0 Å². The van der Waals surface area contributed by atoms with Gasteiger partial charge in [0.25, 0.3) is 5.91 Å². The van der Waals surface area contributed by atoms with E-state index in [4.69, 9.17) is 4.74 Å². The molecule has 0 bridgehead atoms. The van der Waals surface area contributed by atoms with Crippen LogP contribution in [0.15, 0.2) is 48.5 Å². The molecule has 5 heteroatoms. The van der Waals surface area contributed by atoms with E-state index in [1.54, 1.807) is 12.1 Å². The maximum absolute atomic E-state index is 12.3. The van der Waals surface area contributed by atoms with Crippen LogP contribution in [0.25, 0.3) is 0 Å². The third-order valence-corrected chi connectivity index (χ3v) is 4.58. The summed E-state index contributed by atoms with van der Waals surface area (Å²) in [5, 5.41) is 6.47. The van der Waals surface area contributed by atoms with E-state index in [0.717, 1.165) is 24.4 Å². The number of amides is 1. The lowest BCUT2D eigenvalue weighted by atomic mass is 10.0. The van der Waals surface area contributed by atoms with Gasteiger partial charge in [-0.15, -0.1) is 12.4 Å². The second-order valence-electron chi connectivity index (χ2n) is 6.44. The smallest absolute Gasteiger partial charge is 0.255 e. The second-order valence-corrected chi connectivity index (χ2v) is 6.44. The lowest BCUT2D eigenvalue weighted by Gasteiger charge is -2.10. The molecule has 4 nitrogen and oxygen atoms in total. The Labute approximate surface area is 161 Å². The van der Waals surface area contributed by atoms with Gasteiger partial charge < -0.3 is 15.4 Å². The molecular weight excluding hydrogens is 348 g/mol. The predicted molar refractivity (Wildman–Crippen MR) is 109 cm³/mol. The van der Waals surface area contributed by atoms with E-state index in [-0.39, 0.29) is 18.3 Å². The first-order valence-corrected chi connectivity index (χ1v) is 9.11. The lowest BCUT2D eigenvalue weighted by Crippen LogP contribution is -2.21. The van der Waals surface area contributed by atoms with Crippen molar-refractivity contribution in [2.75, 3.05) is 18.5 Å². The molecule has 140 valence electrons. The van der Waals surface area contributed by atoms with Crippen LogP contribution in [0.2, 0.25) is 0 Å². The molecule has 1 atom stereocenters. The molecule has 1 saturated heterocycles. The van der Waals surface area contributed by atoms with Crippen molar-refractivity contribution in [3.05, 3.63) is 59.7 Å². The van der Waals surface area contributed by atoms with Crippen molar-refractivity contribution in [3.63, 3.8) is 0 Å². The summed E-state index contributed by atoms with van der Waals surface area (Å²) in [5.74, 6) is 0.672. The number of ether oxygens (including phenoxy) is 1. The first kappa shape index (κ1) is 20.3. The van der Waals surface area contributed by atoms with Crippen LogP contribution in [0.1, 0.15) is 42.1 Å². The largest absolute Gasteiger partial charge is 0.494 e. The van der Waals surface area contributed by atoms with Crippen LogP contribution in [-0.2, 0) is 6.42 Å². The second kappa shape index (κ2) is 10.2. The van der Waals surface area contributed by atoms with E-state index >= 15 is 0 Å². The van der Waals surface area contributed by atoms with Gasteiger partial charge in [0.15, 0.2) is 0 Å². The van der Waals surface area contributed by atoms with Gasteiger partial charge in [-0.1, -0.05) is 12.1 Å². The minimum Gasteiger partial charge on any atom is -0.494 e. The molecule has 1 aliphatic heterocycles. The molecule has 0 aliphatic carbocycles. The van der Waals surface area contributed by atoms with Gasteiger partial charge in [0.1, 0.15) is 5.75 Å². The Hall–Kier alpha value is -2.04. The quantitative estimate of drug-likeness (QED) is 0.753. The number of halogens is 1. The monoisotopic (exact) mass is 374 g/mol. The highest BCUT2D eigenvalue weighted by Crippen LogP contribution is 2.17. The Morgan fingerprint density at radius 1 is 1.15 bits per heavy atom. The van der Waals surface area contributed by atoms with Crippen molar-refractivity contribution in [3.8, 4) is 5.75 Å². The van der Waals surface area contributed by atoms with E-state index in [2.05, 4.69) is 22.8 Å². The van der Waals surface area contributed by atoms with Gasteiger partial charge in [-0.2, -0.15) is 0 Å². The van der Waals surface area contributed by atoms with Crippen LogP contribution in [0.4, 0.5) is 5.69 Å². The molecule has 2 N–H and O–H groups in total. The fourth-order valence-corrected chi connectivity index (χ4v) is 3.17. The van der Waals surface area contributed by atoms with E-state index in [1.807, 2.05) is 31.2 Å². The average Bonchev–Trinajstić information content (AvgIpc) is 3.15. The third kappa shape index (κ3) is 5.75. The molecule has 1 heterocycles. The van der Waals surface area contributed by atoms with Gasteiger partial charge in [0, 0.05) is 17.3 Å². The number of hydrogen-bond acceptors (Lipinski definition) is 3. The number of hydrogen-bond donors (Lipinski definition) is 2. The minimum absolute atomic E-state index is 0. The first-order valence-electron chi connectivity index (χ1n) is 9.11. The Balaban J connectivity index is 0.00000243. The normalized spacial score (nSPS) is 16.0. The number of anilines is 1. The summed E-state index contributed by atoms with van der Waals surface area (Å²) in [6, 6.07) is 16.0. The molecule has 2 aromatic carbocycles. The zero-order valence-corrected chi connectivity index (χ0v) is 16.0. The molecule has 0 radical (unpaired) electrons. The summed E-state index contributed by atoms with van der Waals surface area (Å²) < 4.78 is 5.40. The summed E-state index contributed by atoms with van der Waals surface area (Å²) >= 11 is 0. The van der Waals surface area contributed by atoms with Crippen LogP contribution in [0.5, 0.6) is 5.75 Å². The standard InChI is InChI=1S/C21H26N2O2.ClH/c1-2-25-20-13-8-17(9-14-20)21(24)23-19-11-6-16(7-12-19)5-10-18-4-3-15-22-18;/h6-9,11-14,18,22H,2-5,10,15H2,1H3,(H,23,24);1H. The van der Waals surface area contributed by atoms with Crippen molar-refractivity contribution < 1.29 is 9.53 Å². The number of carbonyl (C=O) groups is 1. The van der Waals surface area contributed by atoms with Crippen molar-refractivity contribution in [2.24, 2.45) is 0 Å². The molecule has 3 rings (SSSR count). The third-order valence-electron chi connectivity index (χ3n) is 4.58. The summed E-state index contributed by atoms with van der Waals surface area (Å²) in [7, 11) is 0. The van der Waals surface area contributed by atoms with Crippen molar-refractivity contribution >= 4 is 24.0 Å². The molecule has 0 spiro atoms. The van der Waals surface area contributed by atoms with E-state index in [0.29, 0.717) is 18.2 Å². The lowest BCUT2D eigenvalue weighted by molar-refractivity contribution is 0.102. The summed E-state index contributed by atoms with van der Waals surface area (Å²) in [5.41, 5.74) is 2.76. The molecule has 1 unspecified atom stereocenters. The molecule has 2 aromatic rings. The Bertz CT molecular complexity index is 680. The fourth-order valence-electron chi connectivity index (χ4n) is 3.17. The zero-order valence-electron chi connectivity index (χ0n) is 15.2. The molecule has 0 aromatic heterocycles. The number of rotatable bonds is 7. The topological polar surface area (TPSA) is 50.4 Å². The van der Waals surface area contributed by atoms with Gasteiger partial charge in [0.05, 0.1) is 6.61 Å². The maximum Gasteiger partial charge on any atom is 0.255 e. The average molecular weight is 375 g/mol. The van der Waals surface area contributed by atoms with Crippen LogP contribution in [0, 0.1) is 0 Å². The Kier molecular flexibility index (Phi) is 7.95. The van der Waals surface area contributed by atoms with Crippen LogP contribution >= 0.6 is 12.4 Å². The Morgan fingerprint density at radius 2 is 1.88 bits per heavy atom.